The fourth-order valence-electron chi connectivity index (χ4n) is 2.16. The number of carbonyl (C=O) groups excluding carboxylic acids is 1. The minimum absolute atomic E-state index is 0.00419. The van der Waals surface area contributed by atoms with E-state index in [1.165, 1.54) is 15.9 Å². The van der Waals surface area contributed by atoms with Crippen LogP contribution in [0.15, 0.2) is 4.79 Å². The first kappa shape index (κ1) is 15.7. The van der Waals surface area contributed by atoms with Gasteiger partial charge in [-0.2, -0.15) is 0 Å². The minimum atomic E-state index is -0.206. The second-order valence-electron chi connectivity index (χ2n) is 5.29. The summed E-state index contributed by atoms with van der Waals surface area (Å²) in [4.78, 5) is 32.8. The highest BCUT2D eigenvalue weighted by molar-refractivity contribution is 7.18. The lowest BCUT2D eigenvalue weighted by Gasteiger charge is -2.15. The molecule has 0 unspecified atom stereocenters. The van der Waals surface area contributed by atoms with Crippen LogP contribution in [0.3, 0.4) is 0 Å². The Kier molecular flexibility index (Phi) is 4.43. The van der Waals surface area contributed by atoms with Crippen molar-refractivity contribution in [3.05, 3.63) is 26.6 Å². The van der Waals surface area contributed by atoms with Crippen molar-refractivity contribution in [2.45, 2.75) is 26.9 Å². The van der Waals surface area contributed by atoms with Gasteiger partial charge in [-0.1, -0.05) is 0 Å². The zero-order chi connectivity index (χ0) is 15.7. The van der Waals surface area contributed by atoms with Crippen LogP contribution in [0.25, 0.3) is 10.2 Å². The van der Waals surface area contributed by atoms with Gasteiger partial charge in [0, 0.05) is 11.9 Å². The number of fused-ring (bicyclic) bond motifs is 1. The number of nitrogens with zero attached hydrogens (tertiary/aromatic N) is 3. The molecule has 0 fully saturated rings. The molecule has 2 rings (SSSR count). The number of rotatable bonds is 4. The zero-order valence-corrected chi connectivity index (χ0v) is 13.8. The summed E-state index contributed by atoms with van der Waals surface area (Å²) in [5, 5.41) is 3.18. The van der Waals surface area contributed by atoms with Gasteiger partial charge in [0.1, 0.15) is 17.2 Å². The van der Waals surface area contributed by atoms with Crippen molar-refractivity contribution in [3.8, 4) is 0 Å². The lowest BCUT2D eigenvalue weighted by molar-refractivity contribution is -0.121. The minimum Gasteiger partial charge on any atom is -0.358 e. The molecule has 0 saturated carbocycles. The van der Waals surface area contributed by atoms with E-state index in [4.69, 9.17) is 0 Å². The predicted molar refractivity (Wildman–Crippen MR) is 84.8 cm³/mol. The molecule has 2 aromatic rings. The van der Waals surface area contributed by atoms with Crippen LogP contribution >= 0.6 is 11.3 Å². The van der Waals surface area contributed by atoms with Crippen LogP contribution in [-0.4, -0.2) is 41.5 Å². The standard InChI is InChI=1S/C14H20N4O2S/c1-8-9(2)21-13-12(8)14(20)18(7-11(19)15-3)10(16-13)6-17(4)5/h6-7H2,1-5H3,(H,15,19). The van der Waals surface area contributed by atoms with E-state index in [1.54, 1.807) is 7.05 Å². The van der Waals surface area contributed by atoms with E-state index in [-0.39, 0.29) is 18.0 Å². The monoisotopic (exact) mass is 308 g/mol. The van der Waals surface area contributed by atoms with Gasteiger partial charge < -0.3 is 10.2 Å². The molecule has 0 aromatic carbocycles. The third-order valence-corrected chi connectivity index (χ3v) is 4.51. The van der Waals surface area contributed by atoms with Crippen molar-refractivity contribution >= 4 is 27.5 Å². The summed E-state index contributed by atoms with van der Waals surface area (Å²) >= 11 is 1.52. The van der Waals surface area contributed by atoms with Gasteiger partial charge in [-0.3, -0.25) is 14.2 Å². The highest BCUT2D eigenvalue weighted by Gasteiger charge is 2.18. The number of thiophene rings is 1. The highest BCUT2D eigenvalue weighted by Crippen LogP contribution is 2.26. The smallest absolute Gasteiger partial charge is 0.263 e. The molecule has 0 spiro atoms. The molecule has 1 amide bonds. The highest BCUT2D eigenvalue weighted by atomic mass is 32.1. The van der Waals surface area contributed by atoms with E-state index < -0.39 is 0 Å². The molecule has 0 aliphatic heterocycles. The molecule has 2 heterocycles. The maximum Gasteiger partial charge on any atom is 0.263 e. The summed E-state index contributed by atoms with van der Waals surface area (Å²) < 4.78 is 1.47. The van der Waals surface area contributed by atoms with Crippen LogP contribution < -0.4 is 10.9 Å². The molecule has 0 aliphatic carbocycles. The van der Waals surface area contributed by atoms with Crippen molar-refractivity contribution in [3.63, 3.8) is 0 Å². The molecule has 0 radical (unpaired) electrons. The number of likely N-dealkylation sites (N-methyl/N-ethyl adjacent to an activating group) is 1. The maximum absolute atomic E-state index is 12.7. The van der Waals surface area contributed by atoms with Crippen LogP contribution in [0, 0.1) is 13.8 Å². The summed E-state index contributed by atoms with van der Waals surface area (Å²) in [6.07, 6.45) is 0. The van der Waals surface area contributed by atoms with Crippen LogP contribution in [0.4, 0.5) is 0 Å². The summed E-state index contributed by atoms with van der Waals surface area (Å²) in [5.41, 5.74) is 0.817. The topological polar surface area (TPSA) is 67.2 Å². The molecule has 0 atom stereocenters. The predicted octanol–water partition coefficient (Wildman–Crippen LogP) is 0.882. The molecule has 21 heavy (non-hydrogen) atoms. The molecule has 6 nitrogen and oxygen atoms in total. The molecule has 0 bridgehead atoms. The lowest BCUT2D eigenvalue weighted by atomic mass is 10.2. The number of carbonyl (C=O) groups is 1. The first-order valence-corrected chi connectivity index (χ1v) is 7.51. The Hall–Kier alpha value is -1.73. The van der Waals surface area contributed by atoms with Gasteiger partial charge in [0.25, 0.3) is 5.56 Å². The number of aryl methyl sites for hydroxylation is 2. The Morgan fingerprint density at radius 2 is 2.05 bits per heavy atom. The second kappa shape index (κ2) is 5.95. The van der Waals surface area contributed by atoms with E-state index in [9.17, 15) is 9.59 Å². The molecular formula is C14H20N4O2S. The lowest BCUT2D eigenvalue weighted by Crippen LogP contribution is -2.34. The Labute approximate surface area is 127 Å². The molecule has 114 valence electrons. The van der Waals surface area contributed by atoms with E-state index in [0.717, 1.165) is 15.3 Å². The Morgan fingerprint density at radius 1 is 1.38 bits per heavy atom. The van der Waals surface area contributed by atoms with E-state index >= 15 is 0 Å². The van der Waals surface area contributed by atoms with Gasteiger partial charge in [-0.05, 0) is 33.5 Å². The van der Waals surface area contributed by atoms with Crippen LogP contribution in [0.5, 0.6) is 0 Å². The Bertz CT molecular complexity index is 745. The van der Waals surface area contributed by atoms with Crippen LogP contribution in [0.2, 0.25) is 0 Å². The molecular weight excluding hydrogens is 288 g/mol. The number of hydrogen-bond donors (Lipinski definition) is 1. The fourth-order valence-corrected chi connectivity index (χ4v) is 3.20. The summed E-state index contributed by atoms with van der Waals surface area (Å²) in [6, 6.07) is 0. The maximum atomic E-state index is 12.7. The average Bonchev–Trinajstić information content (AvgIpc) is 2.68. The number of amides is 1. The van der Waals surface area contributed by atoms with Crippen molar-refractivity contribution in [1.82, 2.24) is 19.8 Å². The van der Waals surface area contributed by atoms with Gasteiger partial charge in [0.2, 0.25) is 5.91 Å². The van der Waals surface area contributed by atoms with Gasteiger partial charge in [-0.15, -0.1) is 11.3 Å². The van der Waals surface area contributed by atoms with Crippen molar-refractivity contribution in [2.24, 2.45) is 0 Å². The molecule has 7 heteroatoms. The van der Waals surface area contributed by atoms with Gasteiger partial charge in [0.15, 0.2) is 0 Å². The summed E-state index contributed by atoms with van der Waals surface area (Å²) in [7, 11) is 5.38. The third-order valence-electron chi connectivity index (χ3n) is 3.41. The average molecular weight is 308 g/mol. The van der Waals surface area contributed by atoms with Gasteiger partial charge in [-0.25, -0.2) is 4.98 Å². The van der Waals surface area contributed by atoms with Crippen LogP contribution in [-0.2, 0) is 17.9 Å². The summed E-state index contributed by atoms with van der Waals surface area (Å²) in [6.45, 7) is 4.41. The van der Waals surface area contributed by atoms with E-state index in [0.29, 0.717) is 17.8 Å². The SMILES string of the molecule is CNC(=O)Cn1c(CN(C)C)nc2sc(C)c(C)c2c1=O. The van der Waals surface area contributed by atoms with Gasteiger partial charge in [0.05, 0.1) is 11.9 Å². The number of aromatic nitrogens is 2. The Balaban J connectivity index is 2.70. The third kappa shape index (κ3) is 2.98. The fraction of sp³-hybridized carbons (Fsp3) is 0.500. The molecule has 0 aliphatic rings. The molecule has 0 saturated heterocycles. The molecule has 2 aromatic heterocycles. The largest absolute Gasteiger partial charge is 0.358 e. The van der Waals surface area contributed by atoms with Gasteiger partial charge >= 0.3 is 0 Å². The number of nitrogens with one attached hydrogen (secondary N) is 1. The van der Waals surface area contributed by atoms with Crippen molar-refractivity contribution in [2.75, 3.05) is 21.1 Å². The summed E-state index contributed by atoms with van der Waals surface area (Å²) in [5.74, 6) is 0.408. The normalized spacial score (nSPS) is 11.3. The molecule has 1 N–H and O–H groups in total. The van der Waals surface area contributed by atoms with E-state index in [2.05, 4.69) is 10.3 Å². The Morgan fingerprint density at radius 3 is 2.62 bits per heavy atom. The van der Waals surface area contributed by atoms with E-state index in [1.807, 2.05) is 32.8 Å². The first-order chi connectivity index (χ1) is 9.85. The second-order valence-corrected chi connectivity index (χ2v) is 6.50. The first-order valence-electron chi connectivity index (χ1n) is 6.69. The van der Waals surface area contributed by atoms with Crippen molar-refractivity contribution < 1.29 is 4.79 Å². The number of hydrogen-bond acceptors (Lipinski definition) is 5. The van der Waals surface area contributed by atoms with Crippen LogP contribution in [0.1, 0.15) is 16.3 Å². The van der Waals surface area contributed by atoms with Crippen molar-refractivity contribution in [1.29, 1.82) is 0 Å². The quantitative estimate of drug-likeness (QED) is 0.910. The zero-order valence-electron chi connectivity index (χ0n) is 13.0.